The Morgan fingerprint density at radius 2 is 2.08 bits per heavy atom. The van der Waals surface area contributed by atoms with Gasteiger partial charge in [0.05, 0.1) is 0 Å². The van der Waals surface area contributed by atoms with Gasteiger partial charge in [0.2, 0.25) is 0 Å². The third-order valence-electron chi connectivity index (χ3n) is 0.734. The maximum atomic E-state index is 10.5. The van der Waals surface area contributed by atoms with E-state index in [0.29, 0.717) is 0 Å². The van der Waals surface area contributed by atoms with Gasteiger partial charge in [0.15, 0.2) is 6.07 Å². The molecule has 61 valence electrons. The molecule has 0 heterocycles. The number of nitro groups is 1. The van der Waals surface area contributed by atoms with Crippen LogP contribution in [0, 0.1) is 21.4 Å². The predicted octanol–water partition coefficient (Wildman–Crippen LogP) is -0.0893. The monoisotopic (exact) mass is 220 g/mol. The molecular weight excluding hydrogens is 220 g/mol. The number of carbonyl (C=O) groups is 1. The molecule has 0 aromatic rings. The van der Waals surface area contributed by atoms with Crippen LogP contribution in [-0.2, 0) is 4.79 Å². The zero-order valence-corrected chi connectivity index (χ0v) is 9.41. The van der Waals surface area contributed by atoms with Crippen molar-refractivity contribution in [3.05, 3.63) is 10.1 Å². The van der Waals surface area contributed by atoms with Crippen molar-refractivity contribution < 1.29 is 9.72 Å². The number of nitriles is 1. The number of halogens is 2. The van der Waals surface area contributed by atoms with Crippen LogP contribution >= 0.6 is 23.6 Å². The molecule has 9 heteroatoms. The Kier molecular flexibility index (Phi) is 7.78. The van der Waals surface area contributed by atoms with Crippen molar-refractivity contribution in [3.8, 4) is 6.07 Å². The first-order chi connectivity index (χ1) is 5.00. The van der Waals surface area contributed by atoms with Gasteiger partial charge in [0, 0.05) is 58.0 Å². The zero-order valence-electron chi connectivity index (χ0n) is 5.90. The van der Waals surface area contributed by atoms with Crippen molar-refractivity contribution in [2.24, 2.45) is 0 Å². The van der Waals surface area contributed by atoms with E-state index >= 15 is 0 Å². The van der Waals surface area contributed by atoms with Crippen molar-refractivity contribution >= 4 is 59.0 Å². The van der Waals surface area contributed by atoms with Gasteiger partial charge in [-0.05, 0) is 0 Å². The summed E-state index contributed by atoms with van der Waals surface area (Å²) >= 11 is 9.68. The van der Waals surface area contributed by atoms with Gasteiger partial charge < -0.3 is 0 Å². The summed E-state index contributed by atoms with van der Waals surface area (Å²) in [5.41, 5.74) is 0. The Morgan fingerprint density at radius 1 is 1.67 bits per heavy atom. The number of carbonyl (C=O) groups excluding carboxylic acids is 1. The fourth-order valence-corrected chi connectivity index (χ4v) is 0.470. The summed E-state index contributed by atoms with van der Waals surface area (Å²) in [5, 5.41) is 18.0. The number of amides is 1. The van der Waals surface area contributed by atoms with Gasteiger partial charge in [-0.25, -0.2) is 0 Å². The van der Waals surface area contributed by atoms with Crippen LogP contribution in [0.2, 0.25) is 0 Å². The molecule has 0 aromatic carbocycles. The SMILES string of the molecule is N#CC(C(=O)N(Cl)Cl)[N+](=O)[O-].[Na]. The van der Waals surface area contributed by atoms with E-state index in [-0.39, 0.29) is 33.5 Å². The predicted molar refractivity (Wildman–Crippen MR) is 40.7 cm³/mol. The summed E-state index contributed by atoms with van der Waals surface area (Å²) in [5.74, 6) is -1.28. The van der Waals surface area contributed by atoms with Crippen LogP contribution in [0.4, 0.5) is 0 Å². The minimum Gasteiger partial charge on any atom is -0.263 e. The fourth-order valence-electron chi connectivity index (χ4n) is 0.285. The van der Waals surface area contributed by atoms with Crippen LogP contribution in [0.1, 0.15) is 0 Å². The molecule has 0 saturated heterocycles. The van der Waals surface area contributed by atoms with Gasteiger partial charge in [0.1, 0.15) is 0 Å². The summed E-state index contributed by atoms with van der Waals surface area (Å²) in [6.07, 6.45) is 0. The van der Waals surface area contributed by atoms with Gasteiger partial charge in [-0.2, -0.15) is 9.20 Å². The standard InChI is InChI=1S/C3HCl2N3O3.Na/c4-7(5)3(9)2(1-6)8(10)11;/h2H;. The van der Waals surface area contributed by atoms with Crippen LogP contribution in [0.5, 0.6) is 0 Å². The third kappa shape index (κ3) is 4.09. The number of hydrogen-bond acceptors (Lipinski definition) is 4. The number of nitrogens with zero attached hydrogens (tertiary/aromatic N) is 3. The van der Waals surface area contributed by atoms with Gasteiger partial charge in [0.25, 0.3) is 0 Å². The summed E-state index contributed by atoms with van der Waals surface area (Å²) in [6, 6.07) is -0.914. The van der Waals surface area contributed by atoms with E-state index in [4.69, 9.17) is 28.8 Å². The van der Waals surface area contributed by atoms with Crippen molar-refractivity contribution in [3.63, 3.8) is 0 Å². The normalized spacial score (nSPS) is 10.4. The van der Waals surface area contributed by atoms with E-state index in [1.165, 1.54) is 0 Å². The Hall–Kier alpha value is -0.0600. The van der Waals surface area contributed by atoms with Gasteiger partial charge in [-0.15, -0.1) is 0 Å². The van der Waals surface area contributed by atoms with Gasteiger partial charge >= 0.3 is 11.9 Å². The molecule has 1 radical (unpaired) electrons. The molecule has 0 aliphatic rings. The van der Waals surface area contributed by atoms with E-state index in [0.717, 1.165) is 6.07 Å². The van der Waals surface area contributed by atoms with Crippen LogP contribution < -0.4 is 0 Å². The second kappa shape index (κ2) is 6.46. The fraction of sp³-hybridized carbons (Fsp3) is 0.333. The van der Waals surface area contributed by atoms with Gasteiger partial charge in [-0.3, -0.25) is 14.9 Å². The molecular formula is C3HCl2N3NaO3. The molecule has 6 nitrogen and oxygen atoms in total. The molecule has 0 aliphatic heterocycles. The maximum Gasteiger partial charge on any atom is 0.375 e. The van der Waals surface area contributed by atoms with Crippen LogP contribution in [0.3, 0.4) is 0 Å². The average molecular weight is 221 g/mol. The average Bonchev–Trinajstić information content (AvgIpc) is 1.88. The summed E-state index contributed by atoms with van der Waals surface area (Å²) in [7, 11) is 0. The molecule has 0 aliphatic carbocycles. The number of rotatable bonds is 2. The second-order valence-electron chi connectivity index (χ2n) is 1.39. The van der Waals surface area contributed by atoms with Crippen molar-refractivity contribution in [2.45, 2.75) is 6.04 Å². The molecule has 0 saturated carbocycles. The third-order valence-corrected chi connectivity index (χ3v) is 1.07. The zero-order chi connectivity index (χ0) is 9.02. The minimum absolute atomic E-state index is 0. The Morgan fingerprint density at radius 3 is 2.17 bits per heavy atom. The molecule has 12 heavy (non-hydrogen) atoms. The summed E-state index contributed by atoms with van der Waals surface area (Å²) in [4.78, 5) is 19.3. The summed E-state index contributed by atoms with van der Waals surface area (Å²) in [6.45, 7) is 0. The maximum absolute atomic E-state index is 10.5. The van der Waals surface area contributed by atoms with Crippen molar-refractivity contribution in [1.82, 2.24) is 3.94 Å². The first-order valence-corrected chi connectivity index (χ1v) is 2.87. The quantitative estimate of drug-likeness (QED) is 0.282. The van der Waals surface area contributed by atoms with E-state index in [9.17, 15) is 14.9 Å². The molecule has 1 atom stereocenters. The molecule has 0 rings (SSSR count). The van der Waals surface area contributed by atoms with Crippen LogP contribution in [-0.4, -0.2) is 50.4 Å². The minimum atomic E-state index is -2.04. The molecule has 0 bridgehead atoms. The smallest absolute Gasteiger partial charge is 0.263 e. The van der Waals surface area contributed by atoms with E-state index in [1.54, 1.807) is 0 Å². The second-order valence-corrected chi connectivity index (χ2v) is 2.24. The van der Waals surface area contributed by atoms with E-state index < -0.39 is 16.9 Å². The Labute approximate surface area is 99.7 Å². The molecule has 1 amide bonds. The molecule has 0 fully saturated rings. The van der Waals surface area contributed by atoms with Crippen molar-refractivity contribution in [2.75, 3.05) is 0 Å². The first kappa shape index (κ1) is 14.5. The molecule has 1 unspecified atom stereocenters. The molecule has 0 N–H and O–H groups in total. The first-order valence-electron chi connectivity index (χ1n) is 2.19. The largest absolute Gasteiger partial charge is 0.375 e. The van der Waals surface area contributed by atoms with Crippen molar-refractivity contribution in [1.29, 1.82) is 5.26 Å². The van der Waals surface area contributed by atoms with E-state index in [2.05, 4.69) is 0 Å². The van der Waals surface area contributed by atoms with E-state index in [1.807, 2.05) is 0 Å². The Balaban J connectivity index is 0. The summed E-state index contributed by atoms with van der Waals surface area (Å²) < 4.78 is -0.0450. The molecule has 0 aromatic heterocycles. The van der Waals surface area contributed by atoms with Gasteiger partial charge in [-0.1, -0.05) is 0 Å². The number of hydrogen-bond donors (Lipinski definition) is 0. The van der Waals surface area contributed by atoms with Crippen LogP contribution in [0.15, 0.2) is 0 Å². The molecule has 0 spiro atoms. The Bertz CT molecular complexity index is 227. The van der Waals surface area contributed by atoms with Crippen LogP contribution in [0.25, 0.3) is 0 Å². The topological polar surface area (TPSA) is 87.2 Å².